The van der Waals surface area contributed by atoms with E-state index < -0.39 is 68.0 Å². The van der Waals surface area contributed by atoms with Gasteiger partial charge >= 0.3 is 24.4 Å². The number of ketones is 2. The van der Waals surface area contributed by atoms with Gasteiger partial charge in [0.25, 0.3) is 0 Å². The molecule has 39 heteroatoms. The second-order valence-corrected chi connectivity index (χ2v) is 35.0. The van der Waals surface area contributed by atoms with Gasteiger partial charge in [0, 0.05) is 155 Å². The third-order valence-electron chi connectivity index (χ3n) is 21.1. The number of fused-ring (bicyclic) bond motifs is 4. The maximum absolute atomic E-state index is 13.4. The number of aryl methyl sites for hydroxylation is 4. The Hall–Kier alpha value is -15.9. The summed E-state index contributed by atoms with van der Waals surface area (Å²) in [4.78, 5) is 96.9. The molecule has 0 unspecified atom stereocenters. The van der Waals surface area contributed by atoms with Crippen LogP contribution in [0.5, 0.6) is 23.0 Å². The molecule has 4 aromatic carbocycles. The molecule has 0 spiro atoms. The fourth-order valence-electron chi connectivity index (χ4n) is 14.9. The van der Waals surface area contributed by atoms with E-state index in [9.17, 15) is 67.5 Å². The van der Waals surface area contributed by atoms with Gasteiger partial charge in [-0.3, -0.25) is 32.2 Å². The lowest BCUT2D eigenvalue weighted by atomic mass is 10.0. The van der Waals surface area contributed by atoms with Crippen LogP contribution in [-0.4, -0.2) is 158 Å². The van der Waals surface area contributed by atoms with Crippen molar-refractivity contribution in [1.29, 1.82) is 0 Å². The van der Waals surface area contributed by atoms with E-state index in [1.807, 2.05) is 198 Å². The number of nitrogen functional groups attached to an aromatic ring is 1. The smallest absolute Gasteiger partial charge is 0.405 e. The Morgan fingerprint density at radius 3 is 1.14 bits per heavy atom. The SMILES string of the molecule is CC(C)Oc1cc(CC(=O)CCC(C)(F)F)cc(-c2cnc3cc(-c4ncc(F)c(N)n4)ccn23)c1.CC(C)Oc1cc(CC(=O)CCC(C)(F)F)cc(-c2cnc3cc(-c4ncccn4)ccn23)c1.Cc1cc(-c2ccn3c(-c4cc(NC(=O)NCC(F)(F)F)cc(OC(C)C)c4)cnc3c2)nc(C)n1.Cc1ccc(-c2ccn3c(-c4cc(NC(=O)NCC(F)(F)F)cc(OC(C)C)c4)cnc3c2)nc1C. The van der Waals surface area contributed by atoms with Crippen LogP contribution in [0.1, 0.15) is 129 Å². The number of pyridine rings is 5. The zero-order valence-corrected chi connectivity index (χ0v) is 79.9. The largest absolute Gasteiger partial charge is 0.491 e. The first-order valence-electron chi connectivity index (χ1n) is 45.1. The number of halogens is 11. The Morgan fingerprint density at radius 2 is 0.768 bits per heavy atom. The molecular weight excluding hydrogens is 1850 g/mol. The van der Waals surface area contributed by atoms with Crippen molar-refractivity contribution in [3.05, 3.63) is 253 Å². The van der Waals surface area contributed by atoms with Gasteiger partial charge in [-0.1, -0.05) is 6.07 Å². The predicted molar refractivity (Wildman–Crippen MR) is 518 cm³/mol. The fourth-order valence-corrected chi connectivity index (χ4v) is 14.9. The van der Waals surface area contributed by atoms with E-state index in [-0.39, 0.29) is 84.7 Å². The van der Waals surface area contributed by atoms with Crippen LogP contribution >= 0.6 is 0 Å². The highest BCUT2D eigenvalue weighted by Crippen LogP contribution is 2.38. The first-order valence-corrected chi connectivity index (χ1v) is 45.1. The summed E-state index contributed by atoms with van der Waals surface area (Å²) in [6, 6.07) is 41.7. The Balaban J connectivity index is 0.000000159. The minimum absolute atomic E-state index is 0.0165. The van der Waals surface area contributed by atoms with Crippen LogP contribution in [0.4, 0.5) is 75.1 Å². The summed E-state index contributed by atoms with van der Waals surface area (Å²) in [5.41, 5.74) is 23.9. The molecule has 0 radical (unpaired) electrons. The van der Waals surface area contributed by atoms with Crippen LogP contribution in [-0.2, 0) is 22.4 Å². The maximum atomic E-state index is 13.4. The van der Waals surface area contributed by atoms with Crippen molar-refractivity contribution in [2.75, 3.05) is 29.5 Å². The third-order valence-corrected chi connectivity index (χ3v) is 21.1. The van der Waals surface area contributed by atoms with E-state index in [1.165, 1.54) is 0 Å². The lowest BCUT2D eigenvalue weighted by Crippen LogP contribution is -2.36. The van der Waals surface area contributed by atoms with Crippen LogP contribution in [0.25, 0.3) is 113 Å². The topological polar surface area (TPSA) is 339 Å². The number of urea groups is 2. The minimum Gasteiger partial charge on any atom is -0.491 e. The number of amides is 4. The third kappa shape index (κ3) is 29.1. The quantitative estimate of drug-likeness (QED) is 0.0261. The average molecular weight is 1960 g/mol. The number of anilines is 3. The number of carbonyl (C=O) groups is 4. The summed E-state index contributed by atoms with van der Waals surface area (Å²) in [6.45, 7) is 21.5. The number of benzene rings is 4. The number of hydrogen-bond acceptors (Lipinski definition) is 20. The zero-order chi connectivity index (χ0) is 102. The maximum Gasteiger partial charge on any atom is 0.405 e. The molecule has 0 saturated heterocycles. The van der Waals surface area contributed by atoms with Crippen LogP contribution in [0.3, 0.4) is 0 Å². The van der Waals surface area contributed by atoms with Gasteiger partial charge in [0.15, 0.2) is 23.3 Å². The molecule has 0 aliphatic rings. The van der Waals surface area contributed by atoms with Crippen molar-refractivity contribution >= 4 is 63.4 Å². The van der Waals surface area contributed by atoms with Crippen molar-refractivity contribution in [3.63, 3.8) is 0 Å². The number of imidazole rings is 4. The normalized spacial score (nSPS) is 11.8. The van der Waals surface area contributed by atoms with Crippen LogP contribution in [0.2, 0.25) is 0 Å². The van der Waals surface area contributed by atoms with Gasteiger partial charge in [0.05, 0.1) is 89.6 Å². The molecule has 0 atom stereocenters. The summed E-state index contributed by atoms with van der Waals surface area (Å²) in [6.07, 6.45) is 7.87. The number of ether oxygens (including phenoxy) is 4. The number of nitrogens with zero attached hydrogens (tertiary/aromatic N) is 15. The summed E-state index contributed by atoms with van der Waals surface area (Å²) in [7, 11) is 0. The number of aromatic nitrogens is 15. The van der Waals surface area contributed by atoms with Gasteiger partial charge in [-0.15, -0.1) is 0 Å². The molecule has 16 aromatic rings. The fraction of sp³-hybridized carbons (Fsp3) is 0.291. The standard InChI is InChI=1S/2C26H26F3N5O2.C26H26F2N4O2.C25H25F3N6O2/c1-15(2)36-21-10-19(9-20(12-21)33-25(35)31-14-26(27,28)29)23-13-30-24-11-18(7-8-34(23)24)22-6-5-16(3)17(4)32-22;1-15(2)36-20-10-16(9-19(35)4-6-26(3,28)29)8-18(11-20)22-14-31-23-12-17(5-7-34(22)23)25-32-13-21(27)24(30)33-25;1-17(2)34-22-13-18(12-21(33)5-7-26(3,27)28)11-20(14-22)23-16-31-24-15-19(6-10-32(23)24)25-29-8-4-9-30-25;1-14(2)36-20-9-18(8-19(11-20)33-24(35)30-13-25(26,27)28)22-12-29-23-10-17(5-6-34(22)23)21-7-15(3)31-16(4)32-21/h5-13,15H,14H2,1-4H3,(H2,31,33,35);5,7-8,10-15H,4,6,9H2,1-3H3,(H2,30,32,33);4,6,8-11,13-17H,5,7,12H2,1-3H3;5-12,14H,13H2,1-4H3,(H2,30,33,35). The van der Waals surface area contributed by atoms with E-state index in [0.29, 0.717) is 85.1 Å². The molecule has 740 valence electrons. The number of carbonyl (C=O) groups excluding carboxylic acids is 4. The van der Waals surface area contributed by atoms with E-state index in [4.69, 9.17) is 24.7 Å². The molecule has 4 amide bonds. The monoisotopic (exact) mass is 1960 g/mol. The van der Waals surface area contributed by atoms with Gasteiger partial charge in [-0.25, -0.2) is 81.4 Å². The highest BCUT2D eigenvalue weighted by atomic mass is 19.4. The molecule has 0 saturated carbocycles. The minimum atomic E-state index is -4.51. The summed E-state index contributed by atoms with van der Waals surface area (Å²) >= 11 is 0. The highest BCUT2D eigenvalue weighted by Gasteiger charge is 2.31. The summed E-state index contributed by atoms with van der Waals surface area (Å²) in [5.74, 6) is -3.54. The van der Waals surface area contributed by atoms with E-state index in [0.717, 1.165) is 98.9 Å². The summed E-state index contributed by atoms with van der Waals surface area (Å²) < 4.78 is 172. The molecule has 0 fully saturated rings. The average Bonchev–Trinajstić information content (AvgIpc) is 1.63. The van der Waals surface area contributed by atoms with Crippen LogP contribution in [0.15, 0.2) is 214 Å². The van der Waals surface area contributed by atoms with Crippen LogP contribution in [0, 0.1) is 33.5 Å². The second kappa shape index (κ2) is 44.5. The zero-order valence-electron chi connectivity index (χ0n) is 79.9. The second-order valence-electron chi connectivity index (χ2n) is 35.0. The molecule has 28 nitrogen and oxygen atoms in total. The molecule has 0 bridgehead atoms. The van der Waals surface area contributed by atoms with Crippen molar-refractivity contribution in [1.82, 2.24) is 83.1 Å². The lowest BCUT2D eigenvalue weighted by Gasteiger charge is -2.15. The van der Waals surface area contributed by atoms with Crippen molar-refractivity contribution in [3.8, 4) is 113 Å². The Kier molecular flexibility index (Phi) is 32.5. The van der Waals surface area contributed by atoms with Gasteiger partial charge in [-0.05, 0) is 241 Å². The Labute approximate surface area is 809 Å². The number of nitrogens with two attached hydrogens (primary N) is 1. The first kappa shape index (κ1) is 104. The van der Waals surface area contributed by atoms with Gasteiger partial charge in [0.2, 0.25) is 11.8 Å². The number of Topliss-reactive ketones (excluding diaryl/α,β-unsaturated/α-hetero) is 2. The predicted octanol–water partition coefficient (Wildman–Crippen LogP) is 23.0. The molecule has 16 rings (SSSR count). The van der Waals surface area contributed by atoms with Gasteiger partial charge in [0.1, 0.15) is 76.1 Å². The van der Waals surface area contributed by atoms with Crippen molar-refractivity contribution in [2.45, 2.75) is 184 Å². The van der Waals surface area contributed by atoms with Crippen LogP contribution < -0.4 is 45.9 Å². The Bertz CT molecular complexity index is 7000. The van der Waals surface area contributed by atoms with Crippen molar-refractivity contribution < 1.29 is 86.4 Å². The molecule has 0 aliphatic heterocycles. The number of nitrogens with one attached hydrogen (secondary N) is 4. The number of rotatable bonds is 30. The highest BCUT2D eigenvalue weighted by molar-refractivity contribution is 5.92. The molecule has 12 heterocycles. The molecule has 0 aliphatic carbocycles. The number of hydrogen-bond donors (Lipinski definition) is 5. The summed E-state index contributed by atoms with van der Waals surface area (Å²) in [5, 5.41) is 8.50. The first-order chi connectivity index (χ1) is 67.1. The van der Waals surface area contributed by atoms with Gasteiger partial charge in [-0.2, -0.15) is 26.3 Å². The molecule has 12 aromatic heterocycles. The molecular formula is C103H103F11N20O8. The molecule has 142 heavy (non-hydrogen) atoms. The van der Waals surface area contributed by atoms with Crippen molar-refractivity contribution in [2.24, 2.45) is 0 Å². The van der Waals surface area contributed by atoms with E-state index in [1.54, 1.807) is 121 Å². The van der Waals surface area contributed by atoms with E-state index >= 15 is 0 Å². The number of alkyl halides is 10. The van der Waals surface area contributed by atoms with E-state index in [2.05, 4.69) is 65.5 Å². The lowest BCUT2D eigenvalue weighted by molar-refractivity contribution is -0.123. The Morgan fingerprint density at radius 1 is 0.394 bits per heavy atom. The van der Waals surface area contributed by atoms with Gasteiger partial charge < -0.3 is 45.9 Å². The molecule has 6 N–H and O–H groups in total.